The molecular weight excluding hydrogens is 196 g/mol. The topological polar surface area (TPSA) is 63.1 Å². The number of benzene rings is 1. The Morgan fingerprint density at radius 2 is 1.93 bits per heavy atom. The predicted molar refractivity (Wildman–Crippen MR) is 57.5 cm³/mol. The van der Waals surface area contributed by atoms with Crippen molar-refractivity contribution in [1.82, 2.24) is 0 Å². The normalized spacial score (nSPS) is 15.9. The van der Waals surface area contributed by atoms with Gasteiger partial charge in [0.05, 0.1) is 0 Å². The average Bonchev–Trinajstić information content (AvgIpc) is 2.63. The van der Waals surface area contributed by atoms with Gasteiger partial charge in [-0.25, -0.2) is 4.99 Å². The van der Waals surface area contributed by atoms with Crippen molar-refractivity contribution in [3.05, 3.63) is 42.2 Å². The first-order valence-electron chi connectivity index (χ1n) is 4.14. The molecule has 1 heterocycles. The molecule has 0 saturated carbocycles. The second-order valence-electron chi connectivity index (χ2n) is 2.73. The highest BCUT2D eigenvalue weighted by atomic mass is 32.2. The van der Waals surface area contributed by atoms with Crippen LogP contribution in [0.1, 0.15) is 5.56 Å². The molecule has 5 heteroatoms. The molecule has 71 valence electrons. The zero-order valence-electron chi connectivity index (χ0n) is 7.42. The van der Waals surface area contributed by atoms with E-state index in [-0.39, 0.29) is 6.29 Å². The van der Waals surface area contributed by atoms with Crippen LogP contribution in [-0.2, 0) is 5.75 Å². The van der Waals surface area contributed by atoms with Crippen molar-refractivity contribution in [2.24, 2.45) is 21.0 Å². The molecule has 1 aliphatic rings. The number of hydrogen-bond donors (Lipinski definition) is 1. The first kappa shape index (κ1) is 9.36. The van der Waals surface area contributed by atoms with E-state index in [4.69, 9.17) is 5.73 Å². The molecule has 0 amide bonds. The van der Waals surface area contributed by atoms with Gasteiger partial charge < -0.3 is 0 Å². The van der Waals surface area contributed by atoms with Crippen LogP contribution in [0, 0.1) is 6.29 Å². The van der Waals surface area contributed by atoms with Crippen LogP contribution in [0.4, 0.5) is 0 Å². The van der Waals surface area contributed by atoms with Crippen LogP contribution in [0.15, 0.2) is 45.6 Å². The lowest BCUT2D eigenvalue weighted by Crippen LogP contribution is -1.99. The van der Waals surface area contributed by atoms with E-state index >= 15 is 0 Å². The van der Waals surface area contributed by atoms with Crippen molar-refractivity contribution in [3.63, 3.8) is 0 Å². The summed E-state index contributed by atoms with van der Waals surface area (Å²) in [5.74, 6) is 0.839. The van der Waals surface area contributed by atoms with Crippen LogP contribution in [0.2, 0.25) is 0 Å². The summed E-state index contributed by atoms with van der Waals surface area (Å²) in [5, 5.41) is 8.06. The van der Waals surface area contributed by atoms with Gasteiger partial charge in [0.1, 0.15) is 0 Å². The van der Waals surface area contributed by atoms with Gasteiger partial charge in [-0.2, -0.15) is 0 Å². The Labute approximate surface area is 86.3 Å². The van der Waals surface area contributed by atoms with Gasteiger partial charge in [-0.15, -0.1) is 10.2 Å². The minimum absolute atomic E-state index is 0.237. The quantitative estimate of drug-likeness (QED) is 0.804. The first-order chi connectivity index (χ1) is 6.84. The summed E-state index contributed by atoms with van der Waals surface area (Å²) < 4.78 is 0. The van der Waals surface area contributed by atoms with Crippen LogP contribution in [-0.4, -0.2) is 5.17 Å². The highest BCUT2D eigenvalue weighted by molar-refractivity contribution is 8.13. The second-order valence-corrected chi connectivity index (χ2v) is 3.67. The molecule has 1 radical (unpaired) electrons. The lowest BCUT2D eigenvalue weighted by molar-refractivity contribution is 0.943. The maximum absolute atomic E-state index is 5.35. The highest BCUT2D eigenvalue weighted by Gasteiger charge is 2.10. The first-order valence-corrected chi connectivity index (χ1v) is 5.13. The maximum Gasteiger partial charge on any atom is 0.286 e. The number of nitrogens with zero attached hydrogens (tertiary/aromatic N) is 3. The van der Waals surface area contributed by atoms with Crippen LogP contribution >= 0.6 is 11.8 Å². The Morgan fingerprint density at radius 1 is 1.14 bits per heavy atom. The van der Waals surface area contributed by atoms with Crippen molar-refractivity contribution in [1.29, 1.82) is 0 Å². The molecule has 2 N–H and O–H groups in total. The fraction of sp³-hybridized carbons (Fsp3) is 0.111. The minimum atomic E-state index is 0.237. The third-order valence-corrected chi connectivity index (χ3v) is 2.57. The molecule has 0 bridgehead atoms. The molecule has 14 heavy (non-hydrogen) atoms. The summed E-state index contributed by atoms with van der Waals surface area (Å²) >= 11 is 1.53. The average molecular weight is 205 g/mol. The van der Waals surface area contributed by atoms with E-state index in [0.29, 0.717) is 5.17 Å². The monoisotopic (exact) mass is 205 g/mol. The summed E-state index contributed by atoms with van der Waals surface area (Å²) in [5.41, 5.74) is 6.59. The van der Waals surface area contributed by atoms with Crippen molar-refractivity contribution >= 4 is 16.9 Å². The largest absolute Gasteiger partial charge is 0.286 e. The van der Waals surface area contributed by atoms with Crippen molar-refractivity contribution in [2.45, 2.75) is 5.75 Å². The number of thioether (sulfide) groups is 1. The van der Waals surface area contributed by atoms with E-state index in [0.717, 1.165) is 5.75 Å². The fourth-order valence-corrected chi connectivity index (χ4v) is 1.76. The third-order valence-electron chi connectivity index (χ3n) is 1.66. The summed E-state index contributed by atoms with van der Waals surface area (Å²) in [6.07, 6.45) is 0.237. The fourth-order valence-electron chi connectivity index (χ4n) is 1.02. The highest BCUT2D eigenvalue weighted by Crippen LogP contribution is 2.19. The number of rotatable bonds is 2. The summed E-state index contributed by atoms with van der Waals surface area (Å²) in [6, 6.07) is 10.1. The number of azo groups is 1. The number of amidine groups is 1. The smallest absolute Gasteiger partial charge is 0.282 e. The van der Waals surface area contributed by atoms with E-state index in [1.807, 2.05) is 18.2 Å². The van der Waals surface area contributed by atoms with Crippen molar-refractivity contribution in [3.8, 4) is 0 Å². The van der Waals surface area contributed by atoms with Gasteiger partial charge in [-0.05, 0) is 5.56 Å². The number of nitrogens with two attached hydrogens (primary N) is 1. The van der Waals surface area contributed by atoms with Gasteiger partial charge in [0.25, 0.3) is 6.29 Å². The summed E-state index contributed by atoms with van der Waals surface area (Å²) in [6.45, 7) is 0. The molecule has 0 fully saturated rings. The van der Waals surface area contributed by atoms with Crippen LogP contribution in [0.5, 0.6) is 0 Å². The maximum atomic E-state index is 5.35. The third kappa shape index (κ3) is 2.40. The second kappa shape index (κ2) is 4.34. The SMILES string of the molecule is N[C]1N=NC(SCc2ccccc2)=N1. The van der Waals surface area contributed by atoms with Crippen molar-refractivity contribution < 1.29 is 0 Å². The molecule has 0 unspecified atom stereocenters. The molecule has 1 aromatic carbocycles. The van der Waals surface area contributed by atoms with E-state index in [2.05, 4.69) is 27.4 Å². The van der Waals surface area contributed by atoms with Gasteiger partial charge in [-0.3, -0.25) is 5.73 Å². The van der Waals surface area contributed by atoms with E-state index in [1.165, 1.54) is 17.3 Å². The van der Waals surface area contributed by atoms with E-state index in [9.17, 15) is 0 Å². The Kier molecular flexibility index (Phi) is 2.90. The zero-order valence-corrected chi connectivity index (χ0v) is 8.24. The molecule has 0 spiro atoms. The molecule has 2 rings (SSSR count). The van der Waals surface area contributed by atoms with Gasteiger partial charge in [-0.1, -0.05) is 42.1 Å². The number of aliphatic imine (C=N–C) groups is 1. The van der Waals surface area contributed by atoms with E-state index in [1.54, 1.807) is 0 Å². The van der Waals surface area contributed by atoms with Crippen LogP contribution in [0.25, 0.3) is 0 Å². The van der Waals surface area contributed by atoms with Crippen molar-refractivity contribution in [2.75, 3.05) is 0 Å². The Morgan fingerprint density at radius 3 is 2.57 bits per heavy atom. The molecule has 0 saturated heterocycles. The lowest BCUT2D eigenvalue weighted by Gasteiger charge is -1.97. The molecule has 0 atom stereocenters. The van der Waals surface area contributed by atoms with Crippen LogP contribution < -0.4 is 5.73 Å². The Bertz CT molecular complexity index is 360. The predicted octanol–water partition coefficient (Wildman–Crippen LogP) is 2.15. The standard InChI is InChI=1S/C9H9N4S/c10-8-11-9(13-12-8)14-6-7-4-2-1-3-5-7/h1-5H,6,10H2. The minimum Gasteiger partial charge on any atom is -0.282 e. The van der Waals surface area contributed by atoms with Gasteiger partial charge in [0.2, 0.25) is 5.17 Å². The lowest BCUT2D eigenvalue weighted by atomic mass is 10.2. The molecule has 1 aromatic rings. The molecular formula is C9H9N4S. The molecule has 4 nitrogen and oxygen atoms in total. The molecule has 1 aliphatic heterocycles. The van der Waals surface area contributed by atoms with Gasteiger partial charge >= 0.3 is 0 Å². The molecule has 0 aromatic heterocycles. The summed E-state index contributed by atoms with van der Waals surface area (Å²) in [7, 11) is 0. The Balaban J connectivity index is 1.90. The van der Waals surface area contributed by atoms with Gasteiger partial charge in [0, 0.05) is 5.75 Å². The number of hydrogen-bond acceptors (Lipinski definition) is 5. The van der Waals surface area contributed by atoms with Gasteiger partial charge in [0.15, 0.2) is 0 Å². The summed E-state index contributed by atoms with van der Waals surface area (Å²) in [4.78, 5) is 3.94. The van der Waals surface area contributed by atoms with Crippen LogP contribution in [0.3, 0.4) is 0 Å². The zero-order chi connectivity index (χ0) is 9.80. The van der Waals surface area contributed by atoms with E-state index < -0.39 is 0 Å². The molecule has 0 aliphatic carbocycles. The Hall–Kier alpha value is -1.20.